The Morgan fingerprint density at radius 3 is 3.07 bits per heavy atom. The molecule has 0 bridgehead atoms. The van der Waals surface area contributed by atoms with E-state index in [-0.39, 0.29) is 6.10 Å². The summed E-state index contributed by atoms with van der Waals surface area (Å²) in [6, 6.07) is 1.84. The minimum Gasteiger partial charge on any atom is -0.393 e. The molecular formula is C9H15N3OS. The second-order valence-corrected chi connectivity index (χ2v) is 4.63. The van der Waals surface area contributed by atoms with Crippen LogP contribution in [0.25, 0.3) is 0 Å². The SMILES string of the molecule is Nc1cc(NCC2CCC(O)C2)sn1. The highest BCUT2D eigenvalue weighted by Gasteiger charge is 2.22. The molecule has 0 amide bonds. The van der Waals surface area contributed by atoms with E-state index < -0.39 is 0 Å². The molecule has 0 radical (unpaired) electrons. The molecule has 4 nitrogen and oxygen atoms in total. The van der Waals surface area contributed by atoms with Gasteiger partial charge in [-0.15, -0.1) is 0 Å². The molecular weight excluding hydrogens is 198 g/mol. The summed E-state index contributed by atoms with van der Waals surface area (Å²) in [5.74, 6) is 1.16. The Hall–Kier alpha value is -0.810. The second-order valence-electron chi connectivity index (χ2n) is 3.83. The molecule has 1 fully saturated rings. The molecule has 78 valence electrons. The molecule has 4 N–H and O–H groups in total. The first-order valence-corrected chi connectivity index (χ1v) is 5.65. The lowest BCUT2D eigenvalue weighted by Crippen LogP contribution is -2.11. The average Bonchev–Trinajstić information content (AvgIpc) is 2.72. The molecule has 0 saturated heterocycles. The van der Waals surface area contributed by atoms with E-state index in [9.17, 15) is 5.11 Å². The van der Waals surface area contributed by atoms with Gasteiger partial charge >= 0.3 is 0 Å². The van der Waals surface area contributed by atoms with Crippen LogP contribution in [0.15, 0.2) is 6.07 Å². The number of aromatic nitrogens is 1. The molecule has 0 aliphatic heterocycles. The molecule has 5 heteroatoms. The van der Waals surface area contributed by atoms with Crippen LogP contribution >= 0.6 is 11.5 Å². The zero-order valence-corrected chi connectivity index (χ0v) is 8.76. The summed E-state index contributed by atoms with van der Waals surface area (Å²) in [5.41, 5.74) is 5.50. The molecule has 2 unspecified atom stereocenters. The normalized spacial score (nSPS) is 26.6. The van der Waals surface area contributed by atoms with Crippen molar-refractivity contribution in [2.24, 2.45) is 5.92 Å². The van der Waals surface area contributed by atoms with Crippen LogP contribution in [0, 0.1) is 5.92 Å². The minimum atomic E-state index is -0.0895. The van der Waals surface area contributed by atoms with Gasteiger partial charge < -0.3 is 16.2 Å². The van der Waals surface area contributed by atoms with E-state index >= 15 is 0 Å². The lowest BCUT2D eigenvalue weighted by atomic mass is 10.1. The van der Waals surface area contributed by atoms with Gasteiger partial charge in [0.15, 0.2) is 0 Å². The minimum absolute atomic E-state index is 0.0895. The van der Waals surface area contributed by atoms with E-state index in [4.69, 9.17) is 5.73 Å². The molecule has 1 aromatic rings. The van der Waals surface area contributed by atoms with Crippen molar-refractivity contribution >= 4 is 22.4 Å². The van der Waals surface area contributed by atoms with E-state index in [0.717, 1.165) is 30.8 Å². The summed E-state index contributed by atoms with van der Waals surface area (Å²) >= 11 is 1.39. The molecule has 1 saturated carbocycles. The number of hydrogen-bond acceptors (Lipinski definition) is 5. The number of hydrogen-bond donors (Lipinski definition) is 3. The maximum Gasteiger partial charge on any atom is 0.139 e. The lowest BCUT2D eigenvalue weighted by Gasteiger charge is -2.09. The summed E-state index contributed by atoms with van der Waals surface area (Å²) in [4.78, 5) is 0. The number of aliphatic hydroxyl groups is 1. The molecule has 1 aromatic heterocycles. The molecule has 1 aliphatic carbocycles. The maximum atomic E-state index is 9.34. The van der Waals surface area contributed by atoms with Gasteiger partial charge in [-0.3, -0.25) is 0 Å². The molecule has 14 heavy (non-hydrogen) atoms. The summed E-state index contributed by atoms with van der Waals surface area (Å²) in [6.45, 7) is 0.915. The van der Waals surface area contributed by atoms with E-state index in [1.165, 1.54) is 11.5 Å². The van der Waals surface area contributed by atoms with E-state index in [1.807, 2.05) is 6.07 Å². The Bertz CT molecular complexity index is 302. The third kappa shape index (κ3) is 2.36. The molecule has 1 aliphatic rings. The van der Waals surface area contributed by atoms with E-state index in [0.29, 0.717) is 11.7 Å². The average molecular weight is 213 g/mol. The van der Waals surface area contributed by atoms with Crippen molar-refractivity contribution in [3.8, 4) is 0 Å². The fourth-order valence-corrected chi connectivity index (χ4v) is 2.43. The fourth-order valence-electron chi connectivity index (χ4n) is 1.85. The monoisotopic (exact) mass is 213 g/mol. The topological polar surface area (TPSA) is 71.2 Å². The Labute approximate surface area is 87.3 Å². The number of rotatable bonds is 3. The molecule has 1 heterocycles. The van der Waals surface area contributed by atoms with E-state index in [1.54, 1.807) is 0 Å². The van der Waals surface area contributed by atoms with Crippen LogP contribution < -0.4 is 11.1 Å². The number of aliphatic hydroxyl groups excluding tert-OH is 1. The zero-order valence-electron chi connectivity index (χ0n) is 7.94. The quantitative estimate of drug-likeness (QED) is 0.707. The first-order valence-electron chi connectivity index (χ1n) is 4.88. The predicted octanol–water partition coefficient (Wildman–Crippen LogP) is 1.30. The highest BCUT2D eigenvalue weighted by atomic mass is 32.1. The highest BCUT2D eigenvalue weighted by Crippen LogP contribution is 2.26. The molecule has 0 aromatic carbocycles. The number of nitrogens with two attached hydrogens (primary N) is 1. The summed E-state index contributed by atoms with van der Waals surface area (Å²) in [6.07, 6.45) is 2.88. The van der Waals surface area contributed by atoms with Crippen molar-refractivity contribution in [3.05, 3.63) is 6.07 Å². The van der Waals surface area contributed by atoms with Gasteiger partial charge in [0.2, 0.25) is 0 Å². The molecule has 0 spiro atoms. The zero-order chi connectivity index (χ0) is 9.97. The van der Waals surface area contributed by atoms with Crippen molar-refractivity contribution < 1.29 is 5.11 Å². The third-order valence-electron chi connectivity index (χ3n) is 2.61. The van der Waals surface area contributed by atoms with Crippen molar-refractivity contribution in [2.45, 2.75) is 25.4 Å². The smallest absolute Gasteiger partial charge is 0.139 e. The fraction of sp³-hybridized carbons (Fsp3) is 0.667. The number of nitrogens with one attached hydrogen (secondary N) is 1. The predicted molar refractivity (Wildman–Crippen MR) is 58.4 cm³/mol. The van der Waals surface area contributed by atoms with Crippen molar-refractivity contribution in [2.75, 3.05) is 17.6 Å². The molecule has 2 rings (SSSR count). The Kier molecular flexibility index (Phi) is 2.88. The molecule has 2 atom stereocenters. The third-order valence-corrected chi connectivity index (χ3v) is 3.37. The Morgan fingerprint density at radius 2 is 2.50 bits per heavy atom. The van der Waals surface area contributed by atoms with Crippen LogP contribution in [0.4, 0.5) is 10.8 Å². The lowest BCUT2D eigenvalue weighted by molar-refractivity contribution is 0.178. The van der Waals surface area contributed by atoms with Gasteiger partial charge in [-0.05, 0) is 36.7 Å². The van der Waals surface area contributed by atoms with E-state index in [2.05, 4.69) is 9.69 Å². The number of anilines is 2. The van der Waals surface area contributed by atoms with Gasteiger partial charge in [-0.1, -0.05) is 0 Å². The van der Waals surface area contributed by atoms with Gasteiger partial charge in [-0.2, -0.15) is 4.37 Å². The van der Waals surface area contributed by atoms with Gasteiger partial charge in [0.05, 0.1) is 6.10 Å². The highest BCUT2D eigenvalue weighted by molar-refractivity contribution is 7.10. The largest absolute Gasteiger partial charge is 0.393 e. The van der Waals surface area contributed by atoms with Crippen LogP contribution in [0.1, 0.15) is 19.3 Å². The van der Waals surface area contributed by atoms with Crippen LogP contribution in [0.2, 0.25) is 0 Å². The number of nitrogens with zero attached hydrogens (tertiary/aromatic N) is 1. The number of nitrogen functional groups attached to an aromatic ring is 1. The summed E-state index contributed by atoms with van der Waals surface area (Å²) < 4.78 is 3.98. The van der Waals surface area contributed by atoms with Gasteiger partial charge in [0, 0.05) is 12.6 Å². The van der Waals surface area contributed by atoms with Crippen molar-refractivity contribution in [1.82, 2.24) is 4.37 Å². The summed E-state index contributed by atoms with van der Waals surface area (Å²) in [7, 11) is 0. The maximum absolute atomic E-state index is 9.34. The standard InChI is InChI=1S/C9H15N3OS/c10-8-4-9(14-12-8)11-5-6-1-2-7(13)3-6/h4,6-7,11,13H,1-3,5H2,(H2,10,12). The van der Waals surface area contributed by atoms with Crippen molar-refractivity contribution in [3.63, 3.8) is 0 Å². The van der Waals surface area contributed by atoms with Crippen LogP contribution in [-0.2, 0) is 0 Å². The van der Waals surface area contributed by atoms with Crippen LogP contribution in [-0.4, -0.2) is 22.1 Å². The van der Waals surface area contributed by atoms with Gasteiger partial charge in [0.25, 0.3) is 0 Å². The van der Waals surface area contributed by atoms with Gasteiger partial charge in [-0.25, -0.2) is 0 Å². The van der Waals surface area contributed by atoms with Crippen LogP contribution in [0.5, 0.6) is 0 Å². The second kappa shape index (κ2) is 4.14. The summed E-state index contributed by atoms with van der Waals surface area (Å²) in [5, 5.41) is 13.7. The van der Waals surface area contributed by atoms with Crippen molar-refractivity contribution in [1.29, 1.82) is 0 Å². The Morgan fingerprint density at radius 1 is 1.64 bits per heavy atom. The van der Waals surface area contributed by atoms with Crippen LogP contribution in [0.3, 0.4) is 0 Å². The first kappa shape index (κ1) is 9.73. The Balaban J connectivity index is 1.77. The first-order chi connectivity index (χ1) is 6.74. The van der Waals surface area contributed by atoms with Gasteiger partial charge in [0.1, 0.15) is 10.8 Å².